The van der Waals surface area contributed by atoms with Crippen molar-refractivity contribution in [2.45, 2.75) is 58.4 Å². The van der Waals surface area contributed by atoms with Crippen LogP contribution in [-0.2, 0) is 4.79 Å². The standard InChI is InChI=1S/C13H26N2O/c1-10(2)8-13(3,9-14)15-12(16)7-11-5-4-6-11/h10-11H,4-9,14H2,1-3H3,(H,15,16). The third-order valence-electron chi connectivity index (χ3n) is 3.45. The fourth-order valence-corrected chi connectivity index (χ4v) is 2.43. The van der Waals surface area contributed by atoms with E-state index in [0.717, 1.165) is 6.42 Å². The first kappa shape index (κ1) is 13.5. The first-order chi connectivity index (χ1) is 7.45. The number of nitrogens with one attached hydrogen (secondary N) is 1. The van der Waals surface area contributed by atoms with Gasteiger partial charge in [0.15, 0.2) is 0 Å². The molecule has 1 fully saturated rings. The Balaban J connectivity index is 2.38. The van der Waals surface area contributed by atoms with E-state index in [2.05, 4.69) is 19.2 Å². The summed E-state index contributed by atoms with van der Waals surface area (Å²) in [6.07, 6.45) is 5.36. The molecule has 94 valence electrons. The van der Waals surface area contributed by atoms with Gasteiger partial charge in [-0.15, -0.1) is 0 Å². The summed E-state index contributed by atoms with van der Waals surface area (Å²) < 4.78 is 0. The molecule has 1 aliphatic carbocycles. The van der Waals surface area contributed by atoms with Gasteiger partial charge < -0.3 is 11.1 Å². The van der Waals surface area contributed by atoms with Crippen LogP contribution in [0.25, 0.3) is 0 Å². The van der Waals surface area contributed by atoms with Gasteiger partial charge in [0.05, 0.1) is 0 Å². The smallest absolute Gasteiger partial charge is 0.220 e. The third kappa shape index (κ3) is 4.12. The topological polar surface area (TPSA) is 55.1 Å². The molecule has 0 heterocycles. The molecule has 3 heteroatoms. The second-order valence-electron chi connectivity index (χ2n) is 5.91. The number of hydrogen-bond acceptors (Lipinski definition) is 2. The van der Waals surface area contributed by atoms with Gasteiger partial charge in [0.2, 0.25) is 5.91 Å². The highest BCUT2D eigenvalue weighted by Crippen LogP contribution is 2.29. The minimum Gasteiger partial charge on any atom is -0.350 e. The molecular formula is C13H26N2O. The van der Waals surface area contributed by atoms with Gasteiger partial charge in [-0.3, -0.25) is 4.79 Å². The molecule has 0 aliphatic heterocycles. The Hall–Kier alpha value is -0.570. The molecule has 1 aliphatic rings. The van der Waals surface area contributed by atoms with Gasteiger partial charge in [0.25, 0.3) is 0 Å². The summed E-state index contributed by atoms with van der Waals surface area (Å²) in [5.74, 6) is 1.36. The fourth-order valence-electron chi connectivity index (χ4n) is 2.43. The van der Waals surface area contributed by atoms with E-state index < -0.39 is 0 Å². The molecule has 0 saturated heterocycles. The van der Waals surface area contributed by atoms with Crippen LogP contribution in [0.4, 0.5) is 0 Å². The highest BCUT2D eigenvalue weighted by Gasteiger charge is 2.28. The lowest BCUT2D eigenvalue weighted by molar-refractivity contribution is -0.124. The van der Waals surface area contributed by atoms with Crippen LogP contribution < -0.4 is 11.1 Å². The van der Waals surface area contributed by atoms with Crippen molar-refractivity contribution in [2.75, 3.05) is 6.54 Å². The minimum absolute atomic E-state index is 0.179. The van der Waals surface area contributed by atoms with E-state index >= 15 is 0 Å². The molecule has 0 bridgehead atoms. The van der Waals surface area contributed by atoms with Crippen molar-refractivity contribution in [2.24, 2.45) is 17.6 Å². The maximum Gasteiger partial charge on any atom is 0.220 e. The van der Waals surface area contributed by atoms with Crippen molar-refractivity contribution in [1.29, 1.82) is 0 Å². The summed E-state index contributed by atoms with van der Waals surface area (Å²) in [6.45, 7) is 6.88. The van der Waals surface area contributed by atoms with Crippen molar-refractivity contribution >= 4 is 5.91 Å². The van der Waals surface area contributed by atoms with Gasteiger partial charge in [-0.25, -0.2) is 0 Å². The highest BCUT2D eigenvalue weighted by molar-refractivity contribution is 5.77. The summed E-state index contributed by atoms with van der Waals surface area (Å²) in [5, 5.41) is 3.11. The molecular weight excluding hydrogens is 200 g/mol. The zero-order chi connectivity index (χ0) is 12.2. The Morgan fingerprint density at radius 3 is 2.50 bits per heavy atom. The summed E-state index contributed by atoms with van der Waals surface area (Å²) in [5.41, 5.74) is 5.54. The maximum absolute atomic E-state index is 11.8. The van der Waals surface area contributed by atoms with Crippen LogP contribution in [0.1, 0.15) is 52.9 Å². The van der Waals surface area contributed by atoms with Crippen LogP contribution in [0.15, 0.2) is 0 Å². The maximum atomic E-state index is 11.8. The van der Waals surface area contributed by atoms with E-state index in [1.165, 1.54) is 19.3 Å². The number of carbonyl (C=O) groups excluding carboxylic acids is 1. The average Bonchev–Trinajstić information content (AvgIpc) is 2.10. The number of nitrogens with two attached hydrogens (primary N) is 1. The first-order valence-corrected chi connectivity index (χ1v) is 6.46. The van der Waals surface area contributed by atoms with Gasteiger partial charge in [0.1, 0.15) is 0 Å². The molecule has 3 nitrogen and oxygen atoms in total. The lowest BCUT2D eigenvalue weighted by Crippen LogP contribution is -2.52. The SMILES string of the molecule is CC(C)CC(C)(CN)NC(=O)CC1CCC1. The molecule has 0 aromatic rings. The van der Waals surface area contributed by atoms with Crippen LogP contribution in [0.5, 0.6) is 0 Å². The molecule has 0 radical (unpaired) electrons. The second kappa shape index (κ2) is 5.67. The summed E-state index contributed by atoms with van der Waals surface area (Å²) in [7, 11) is 0. The lowest BCUT2D eigenvalue weighted by atomic mass is 9.82. The molecule has 1 atom stereocenters. The second-order valence-corrected chi connectivity index (χ2v) is 5.91. The molecule has 0 aromatic heterocycles. The Bertz CT molecular complexity index is 236. The van der Waals surface area contributed by atoms with Crippen molar-refractivity contribution in [3.05, 3.63) is 0 Å². The monoisotopic (exact) mass is 226 g/mol. The molecule has 1 unspecified atom stereocenters. The Kier molecular flexibility index (Phi) is 4.78. The van der Waals surface area contributed by atoms with Crippen molar-refractivity contribution in [1.82, 2.24) is 5.32 Å². The quantitative estimate of drug-likeness (QED) is 0.728. The highest BCUT2D eigenvalue weighted by atomic mass is 16.1. The zero-order valence-electron chi connectivity index (χ0n) is 10.9. The van der Waals surface area contributed by atoms with Crippen molar-refractivity contribution < 1.29 is 4.79 Å². The molecule has 3 N–H and O–H groups in total. The van der Waals surface area contributed by atoms with Gasteiger partial charge in [-0.2, -0.15) is 0 Å². The van der Waals surface area contributed by atoms with Crippen LogP contribution in [0.2, 0.25) is 0 Å². The largest absolute Gasteiger partial charge is 0.350 e. The van der Waals surface area contributed by atoms with Crippen LogP contribution in [-0.4, -0.2) is 18.0 Å². The van der Waals surface area contributed by atoms with Crippen LogP contribution in [0, 0.1) is 11.8 Å². The Morgan fingerprint density at radius 1 is 1.50 bits per heavy atom. The number of hydrogen-bond donors (Lipinski definition) is 2. The van der Waals surface area contributed by atoms with Gasteiger partial charge >= 0.3 is 0 Å². The molecule has 16 heavy (non-hydrogen) atoms. The van der Waals surface area contributed by atoms with Crippen LogP contribution in [0.3, 0.4) is 0 Å². The summed E-state index contributed by atoms with van der Waals surface area (Å²) in [6, 6.07) is 0. The molecule has 0 spiro atoms. The minimum atomic E-state index is -0.227. The van der Waals surface area contributed by atoms with Gasteiger partial charge in [-0.05, 0) is 38.0 Å². The predicted octanol–water partition coefficient (Wildman–Crippen LogP) is 2.06. The Morgan fingerprint density at radius 2 is 2.12 bits per heavy atom. The number of amides is 1. The van der Waals surface area contributed by atoms with Crippen molar-refractivity contribution in [3.8, 4) is 0 Å². The Labute approximate surface area is 99.2 Å². The molecule has 1 rings (SSSR count). The van der Waals surface area contributed by atoms with E-state index in [1.54, 1.807) is 0 Å². The molecule has 0 aromatic carbocycles. The molecule has 1 saturated carbocycles. The third-order valence-corrected chi connectivity index (χ3v) is 3.45. The van der Waals surface area contributed by atoms with E-state index in [4.69, 9.17) is 5.73 Å². The molecule has 1 amide bonds. The fraction of sp³-hybridized carbons (Fsp3) is 0.923. The predicted molar refractivity (Wildman–Crippen MR) is 67.0 cm³/mol. The van der Waals surface area contributed by atoms with E-state index in [1.807, 2.05) is 6.92 Å². The van der Waals surface area contributed by atoms with Crippen molar-refractivity contribution in [3.63, 3.8) is 0 Å². The van der Waals surface area contributed by atoms with Crippen LogP contribution >= 0.6 is 0 Å². The first-order valence-electron chi connectivity index (χ1n) is 6.46. The van der Waals surface area contributed by atoms with Gasteiger partial charge in [-0.1, -0.05) is 20.3 Å². The van der Waals surface area contributed by atoms with E-state index in [0.29, 0.717) is 24.8 Å². The lowest BCUT2D eigenvalue weighted by Gasteiger charge is -2.33. The summed E-state index contributed by atoms with van der Waals surface area (Å²) >= 11 is 0. The van der Waals surface area contributed by atoms with E-state index in [9.17, 15) is 4.79 Å². The average molecular weight is 226 g/mol. The summed E-state index contributed by atoms with van der Waals surface area (Å²) in [4.78, 5) is 11.8. The zero-order valence-corrected chi connectivity index (χ0v) is 10.9. The van der Waals surface area contributed by atoms with Gasteiger partial charge in [0, 0.05) is 18.5 Å². The van der Waals surface area contributed by atoms with E-state index in [-0.39, 0.29) is 11.4 Å². The number of carbonyl (C=O) groups is 1. The normalized spacial score (nSPS) is 20.3. The number of rotatable bonds is 6.